The van der Waals surface area contributed by atoms with E-state index in [1.165, 1.54) is 6.42 Å². The molecule has 160 valence electrons. The van der Waals surface area contributed by atoms with Gasteiger partial charge in [-0.2, -0.15) is 5.10 Å². The Morgan fingerprint density at radius 3 is 2.55 bits per heavy atom. The zero-order valence-electron chi connectivity index (χ0n) is 17.6. The molecular formula is C22H33ClN4O2. The molecule has 2 heterocycles. The maximum absolute atomic E-state index is 13.2. The second kappa shape index (κ2) is 11.2. The minimum absolute atomic E-state index is 0. The van der Waals surface area contributed by atoms with Crippen LogP contribution < -0.4 is 10.1 Å². The molecule has 6 nitrogen and oxygen atoms in total. The third kappa shape index (κ3) is 6.21. The molecule has 0 atom stereocenters. The lowest BCUT2D eigenvalue weighted by molar-refractivity contribution is 0.0675. The lowest BCUT2D eigenvalue weighted by atomic mass is 9.93. The standard InChI is InChI=1S/C22H32N4O2.ClH/c1-17(2)16-28-20-15-26(19-7-5-4-6-8-19)24-21(20)22(27)25-13-10-18(11-14-25)9-12-23-3;/h4-8,15,17-18,23H,9-14,16H2,1-3H3;1H. The Labute approximate surface area is 180 Å². The topological polar surface area (TPSA) is 59.4 Å². The number of likely N-dealkylation sites (tertiary alicyclic amines) is 1. The molecule has 29 heavy (non-hydrogen) atoms. The fourth-order valence-electron chi connectivity index (χ4n) is 3.50. The fourth-order valence-corrected chi connectivity index (χ4v) is 3.50. The van der Waals surface area contributed by atoms with Gasteiger partial charge in [-0.15, -0.1) is 12.4 Å². The first kappa shape index (κ1) is 23.2. The van der Waals surface area contributed by atoms with Crippen molar-refractivity contribution >= 4 is 18.3 Å². The highest BCUT2D eigenvalue weighted by Crippen LogP contribution is 2.26. The van der Waals surface area contributed by atoms with E-state index in [-0.39, 0.29) is 18.3 Å². The first-order chi connectivity index (χ1) is 13.6. The number of halogens is 1. The average Bonchev–Trinajstić information content (AvgIpc) is 3.15. The number of rotatable bonds is 8. The number of para-hydroxylation sites is 1. The number of aromatic nitrogens is 2. The van der Waals surface area contributed by atoms with Crippen LogP contribution in [0.4, 0.5) is 0 Å². The molecule has 1 saturated heterocycles. The smallest absolute Gasteiger partial charge is 0.278 e. The molecule has 0 spiro atoms. The van der Waals surface area contributed by atoms with Gasteiger partial charge < -0.3 is 15.0 Å². The van der Waals surface area contributed by atoms with Gasteiger partial charge in [0.25, 0.3) is 5.91 Å². The molecule has 1 amide bonds. The first-order valence-corrected chi connectivity index (χ1v) is 10.3. The average molecular weight is 421 g/mol. The SMILES string of the molecule is CNCCC1CCN(C(=O)c2nn(-c3ccccc3)cc2OCC(C)C)CC1.Cl. The number of hydrogen-bond donors (Lipinski definition) is 1. The van der Waals surface area contributed by atoms with Gasteiger partial charge in [0.05, 0.1) is 18.5 Å². The predicted molar refractivity (Wildman–Crippen MR) is 118 cm³/mol. The van der Waals surface area contributed by atoms with Gasteiger partial charge in [0, 0.05) is 13.1 Å². The second-order valence-corrected chi connectivity index (χ2v) is 7.95. The van der Waals surface area contributed by atoms with E-state index < -0.39 is 0 Å². The molecule has 1 aromatic heterocycles. The Kier molecular flexibility index (Phi) is 8.99. The number of nitrogens with one attached hydrogen (secondary N) is 1. The summed E-state index contributed by atoms with van der Waals surface area (Å²) >= 11 is 0. The summed E-state index contributed by atoms with van der Waals surface area (Å²) < 4.78 is 7.69. The van der Waals surface area contributed by atoms with E-state index in [2.05, 4.69) is 24.3 Å². The van der Waals surface area contributed by atoms with Crippen molar-refractivity contribution in [2.75, 3.05) is 33.3 Å². The van der Waals surface area contributed by atoms with Gasteiger partial charge in [0.2, 0.25) is 0 Å². The highest BCUT2D eigenvalue weighted by atomic mass is 35.5. The monoisotopic (exact) mass is 420 g/mol. The molecule has 0 bridgehead atoms. The number of benzene rings is 1. The van der Waals surface area contributed by atoms with Crippen LogP contribution in [-0.4, -0.2) is 53.9 Å². The fraction of sp³-hybridized carbons (Fsp3) is 0.545. The number of carbonyl (C=O) groups excluding carboxylic acids is 1. The molecule has 7 heteroatoms. The normalized spacial score (nSPS) is 14.7. The van der Waals surface area contributed by atoms with Crippen molar-refractivity contribution in [2.45, 2.75) is 33.1 Å². The highest BCUT2D eigenvalue weighted by Gasteiger charge is 2.28. The lowest BCUT2D eigenvalue weighted by Crippen LogP contribution is -2.39. The van der Waals surface area contributed by atoms with Crippen LogP contribution in [0.2, 0.25) is 0 Å². The van der Waals surface area contributed by atoms with Crippen molar-refractivity contribution in [2.24, 2.45) is 11.8 Å². The van der Waals surface area contributed by atoms with Crippen molar-refractivity contribution in [3.63, 3.8) is 0 Å². The van der Waals surface area contributed by atoms with Gasteiger partial charge in [-0.3, -0.25) is 4.79 Å². The number of carbonyl (C=O) groups is 1. The molecule has 0 saturated carbocycles. The Balaban J connectivity index is 0.00000300. The molecule has 2 aromatic rings. The Morgan fingerprint density at radius 1 is 1.24 bits per heavy atom. The van der Waals surface area contributed by atoms with E-state index in [9.17, 15) is 4.79 Å². The number of amides is 1. The quantitative estimate of drug-likeness (QED) is 0.705. The van der Waals surface area contributed by atoms with E-state index in [4.69, 9.17) is 4.74 Å². The summed E-state index contributed by atoms with van der Waals surface area (Å²) in [7, 11) is 1.99. The van der Waals surface area contributed by atoms with E-state index in [1.54, 1.807) is 4.68 Å². The Hall–Kier alpha value is -2.05. The van der Waals surface area contributed by atoms with Gasteiger partial charge in [0.1, 0.15) is 0 Å². The lowest BCUT2D eigenvalue weighted by Gasteiger charge is -2.31. The summed E-state index contributed by atoms with van der Waals surface area (Å²) in [6.45, 7) is 7.36. The van der Waals surface area contributed by atoms with E-state index in [0.29, 0.717) is 29.9 Å². The molecule has 0 aliphatic carbocycles. The summed E-state index contributed by atoms with van der Waals surface area (Å²) in [6.07, 6.45) is 5.10. The molecule has 1 aliphatic rings. The van der Waals surface area contributed by atoms with Gasteiger partial charge >= 0.3 is 0 Å². The summed E-state index contributed by atoms with van der Waals surface area (Å²) in [4.78, 5) is 15.1. The van der Waals surface area contributed by atoms with Crippen LogP contribution >= 0.6 is 12.4 Å². The van der Waals surface area contributed by atoms with Crippen molar-refractivity contribution in [3.8, 4) is 11.4 Å². The van der Waals surface area contributed by atoms with Crippen LogP contribution in [0.15, 0.2) is 36.5 Å². The summed E-state index contributed by atoms with van der Waals surface area (Å²) in [5.41, 5.74) is 1.33. The van der Waals surface area contributed by atoms with E-state index in [1.807, 2.05) is 48.5 Å². The van der Waals surface area contributed by atoms with Crippen LogP contribution in [0, 0.1) is 11.8 Å². The van der Waals surface area contributed by atoms with Crippen molar-refractivity contribution in [3.05, 3.63) is 42.2 Å². The molecule has 1 aromatic carbocycles. The van der Waals surface area contributed by atoms with Gasteiger partial charge in [-0.05, 0) is 56.8 Å². The van der Waals surface area contributed by atoms with Crippen LogP contribution in [0.1, 0.15) is 43.6 Å². The summed E-state index contributed by atoms with van der Waals surface area (Å²) in [6, 6.07) is 9.83. The van der Waals surface area contributed by atoms with Gasteiger partial charge in [0.15, 0.2) is 11.4 Å². The van der Waals surface area contributed by atoms with Gasteiger partial charge in [-0.25, -0.2) is 4.68 Å². The number of hydrogen-bond acceptors (Lipinski definition) is 4. The number of nitrogens with zero attached hydrogens (tertiary/aromatic N) is 3. The highest BCUT2D eigenvalue weighted by molar-refractivity contribution is 5.95. The van der Waals surface area contributed by atoms with Crippen LogP contribution in [0.5, 0.6) is 5.75 Å². The molecule has 1 aliphatic heterocycles. The number of piperidine rings is 1. The predicted octanol–water partition coefficient (Wildman–Crippen LogP) is 3.79. The maximum atomic E-state index is 13.2. The first-order valence-electron chi connectivity index (χ1n) is 10.3. The van der Waals surface area contributed by atoms with E-state index in [0.717, 1.165) is 38.2 Å². The molecular weight excluding hydrogens is 388 g/mol. The maximum Gasteiger partial charge on any atom is 0.278 e. The molecule has 1 N–H and O–H groups in total. The van der Waals surface area contributed by atoms with Crippen LogP contribution in [0.25, 0.3) is 5.69 Å². The Bertz CT molecular complexity index is 755. The van der Waals surface area contributed by atoms with Crippen molar-refractivity contribution in [1.82, 2.24) is 20.0 Å². The Morgan fingerprint density at radius 2 is 1.93 bits per heavy atom. The van der Waals surface area contributed by atoms with Crippen LogP contribution in [-0.2, 0) is 0 Å². The molecule has 0 unspecified atom stereocenters. The van der Waals surface area contributed by atoms with Gasteiger partial charge in [-0.1, -0.05) is 32.0 Å². The molecule has 3 rings (SSSR count). The van der Waals surface area contributed by atoms with Crippen LogP contribution in [0.3, 0.4) is 0 Å². The van der Waals surface area contributed by atoms with Crippen molar-refractivity contribution < 1.29 is 9.53 Å². The molecule has 0 radical (unpaired) electrons. The zero-order valence-corrected chi connectivity index (χ0v) is 18.5. The number of ether oxygens (including phenoxy) is 1. The molecule has 1 fully saturated rings. The van der Waals surface area contributed by atoms with Crippen molar-refractivity contribution in [1.29, 1.82) is 0 Å². The third-order valence-corrected chi connectivity index (χ3v) is 5.18. The third-order valence-electron chi connectivity index (χ3n) is 5.18. The largest absolute Gasteiger partial charge is 0.489 e. The minimum atomic E-state index is -0.0273. The second-order valence-electron chi connectivity index (χ2n) is 7.95. The van der Waals surface area contributed by atoms with E-state index >= 15 is 0 Å². The minimum Gasteiger partial charge on any atom is -0.489 e. The zero-order chi connectivity index (χ0) is 19.9. The summed E-state index contributed by atoms with van der Waals surface area (Å²) in [5.74, 6) is 1.61. The summed E-state index contributed by atoms with van der Waals surface area (Å²) in [5, 5.41) is 7.81.